The van der Waals surface area contributed by atoms with E-state index in [0.717, 1.165) is 6.04 Å². The van der Waals surface area contributed by atoms with Gasteiger partial charge in [0.25, 0.3) is 0 Å². The van der Waals surface area contributed by atoms with Crippen LogP contribution in [0.1, 0.15) is 65.3 Å². The largest absolute Gasteiger partial charge is 0.381 e. The normalized spacial score (nSPS) is 26.7. The van der Waals surface area contributed by atoms with Gasteiger partial charge in [0.2, 0.25) is 0 Å². The highest BCUT2D eigenvalue weighted by Crippen LogP contribution is 2.28. The molecule has 0 spiro atoms. The Labute approximate surface area is 148 Å². The highest BCUT2D eigenvalue weighted by Gasteiger charge is 2.28. The molecule has 1 saturated heterocycles. The van der Waals surface area contributed by atoms with Crippen LogP contribution in [0.4, 0.5) is 5.69 Å². The molecule has 136 valence electrons. The summed E-state index contributed by atoms with van der Waals surface area (Å²) in [4.78, 5) is 7.11. The number of ether oxygens (including phenoxy) is 1. The molecule has 1 saturated carbocycles. The summed E-state index contributed by atoms with van der Waals surface area (Å²) in [6.45, 7) is 6.88. The summed E-state index contributed by atoms with van der Waals surface area (Å²) in [6.07, 6.45) is 12.0. The molecule has 4 nitrogen and oxygen atoms in total. The molecule has 1 N–H and O–H groups in total. The molecule has 2 fully saturated rings. The zero-order valence-electron chi connectivity index (χ0n) is 15.5. The van der Waals surface area contributed by atoms with E-state index in [4.69, 9.17) is 4.74 Å². The molecule has 4 heteroatoms. The Bertz CT molecular complexity index is 509. The first-order valence-electron chi connectivity index (χ1n) is 9.64. The molecular weight excluding hydrogens is 298 g/mol. The second-order valence-electron chi connectivity index (χ2n) is 7.78. The Morgan fingerprint density at radius 3 is 2.46 bits per heavy atom. The van der Waals surface area contributed by atoms with E-state index in [0.29, 0.717) is 18.1 Å². The van der Waals surface area contributed by atoms with Crippen molar-refractivity contribution in [3.05, 3.63) is 24.0 Å². The SMILES string of the molecule is COC1CCC(N2CCC(Nc3cncc(C(C)C)c3)CC2)CC1.[HH]. The molecule has 3 rings (SSSR count). The third-order valence-corrected chi connectivity index (χ3v) is 5.82. The number of anilines is 1. The van der Waals surface area contributed by atoms with Crippen LogP contribution in [-0.4, -0.2) is 48.3 Å². The third kappa shape index (κ3) is 4.48. The molecule has 1 aliphatic heterocycles. The molecular formula is C20H35N3O. The van der Waals surface area contributed by atoms with Gasteiger partial charge in [0, 0.05) is 46.1 Å². The number of piperidine rings is 1. The summed E-state index contributed by atoms with van der Waals surface area (Å²) in [5.41, 5.74) is 2.49. The van der Waals surface area contributed by atoms with Crippen molar-refractivity contribution in [1.29, 1.82) is 0 Å². The van der Waals surface area contributed by atoms with Crippen LogP contribution >= 0.6 is 0 Å². The van der Waals surface area contributed by atoms with Gasteiger partial charge in [-0.2, -0.15) is 0 Å². The van der Waals surface area contributed by atoms with Crippen molar-refractivity contribution < 1.29 is 6.16 Å². The highest BCUT2D eigenvalue weighted by molar-refractivity contribution is 5.44. The van der Waals surface area contributed by atoms with Gasteiger partial charge in [-0.3, -0.25) is 4.98 Å². The fourth-order valence-corrected chi connectivity index (χ4v) is 4.14. The van der Waals surface area contributed by atoms with Gasteiger partial charge in [-0.25, -0.2) is 0 Å². The molecule has 1 aromatic rings. The predicted molar refractivity (Wildman–Crippen MR) is 102 cm³/mol. The van der Waals surface area contributed by atoms with E-state index in [1.807, 2.05) is 19.5 Å². The molecule has 0 aromatic carbocycles. The van der Waals surface area contributed by atoms with Gasteiger partial charge < -0.3 is 15.0 Å². The number of likely N-dealkylation sites (tertiary alicyclic amines) is 1. The summed E-state index contributed by atoms with van der Waals surface area (Å²) in [5.74, 6) is 0.531. The van der Waals surface area contributed by atoms with Gasteiger partial charge in [0.1, 0.15) is 0 Å². The summed E-state index contributed by atoms with van der Waals surface area (Å²) in [5, 5.41) is 3.71. The zero-order valence-corrected chi connectivity index (χ0v) is 15.5. The topological polar surface area (TPSA) is 37.4 Å². The highest BCUT2D eigenvalue weighted by atomic mass is 16.5. The van der Waals surface area contributed by atoms with Crippen LogP contribution in [0.25, 0.3) is 0 Å². The average molecular weight is 334 g/mol. The van der Waals surface area contributed by atoms with Crippen molar-refractivity contribution >= 4 is 5.69 Å². The lowest BCUT2D eigenvalue weighted by atomic mass is 9.90. The number of aromatic nitrogens is 1. The van der Waals surface area contributed by atoms with Gasteiger partial charge in [-0.15, -0.1) is 0 Å². The predicted octanol–water partition coefficient (Wildman–Crippen LogP) is 4.28. The van der Waals surface area contributed by atoms with E-state index in [9.17, 15) is 0 Å². The summed E-state index contributed by atoms with van der Waals surface area (Å²) in [6, 6.07) is 3.62. The van der Waals surface area contributed by atoms with Crippen LogP contribution in [0.5, 0.6) is 0 Å². The first-order chi connectivity index (χ1) is 11.7. The summed E-state index contributed by atoms with van der Waals surface area (Å²) >= 11 is 0. The van der Waals surface area contributed by atoms with Gasteiger partial charge in [0.05, 0.1) is 11.8 Å². The van der Waals surface area contributed by atoms with Gasteiger partial charge in [-0.05, 0) is 56.1 Å². The van der Waals surface area contributed by atoms with E-state index in [2.05, 4.69) is 35.1 Å². The Kier molecular flexibility index (Phi) is 6.12. The molecule has 0 bridgehead atoms. The van der Waals surface area contributed by atoms with Gasteiger partial charge in [0.15, 0.2) is 0 Å². The number of hydrogen-bond acceptors (Lipinski definition) is 4. The zero-order chi connectivity index (χ0) is 16.9. The second kappa shape index (κ2) is 8.30. The fourth-order valence-electron chi connectivity index (χ4n) is 4.14. The van der Waals surface area contributed by atoms with E-state index in [-0.39, 0.29) is 1.43 Å². The Morgan fingerprint density at radius 1 is 1.12 bits per heavy atom. The van der Waals surface area contributed by atoms with Gasteiger partial charge in [-0.1, -0.05) is 13.8 Å². The Morgan fingerprint density at radius 2 is 1.83 bits per heavy atom. The molecule has 24 heavy (non-hydrogen) atoms. The van der Waals surface area contributed by atoms with E-state index in [1.165, 1.54) is 62.9 Å². The molecule has 1 aromatic heterocycles. The van der Waals surface area contributed by atoms with Crippen molar-refractivity contribution in [2.24, 2.45) is 0 Å². The van der Waals surface area contributed by atoms with Crippen molar-refractivity contribution in [2.45, 2.75) is 76.5 Å². The molecule has 0 radical (unpaired) electrons. The molecule has 2 heterocycles. The van der Waals surface area contributed by atoms with E-state index >= 15 is 0 Å². The lowest BCUT2D eigenvalue weighted by Crippen LogP contribution is -2.46. The van der Waals surface area contributed by atoms with Crippen molar-refractivity contribution in [3.8, 4) is 0 Å². The van der Waals surface area contributed by atoms with Crippen molar-refractivity contribution in [1.82, 2.24) is 9.88 Å². The van der Waals surface area contributed by atoms with Crippen molar-refractivity contribution in [3.63, 3.8) is 0 Å². The minimum Gasteiger partial charge on any atom is -0.381 e. The van der Waals surface area contributed by atoms with Crippen LogP contribution in [0.15, 0.2) is 18.5 Å². The monoisotopic (exact) mass is 333 g/mol. The third-order valence-electron chi connectivity index (χ3n) is 5.82. The first kappa shape index (κ1) is 17.7. The number of pyridine rings is 1. The van der Waals surface area contributed by atoms with Crippen molar-refractivity contribution in [2.75, 3.05) is 25.5 Å². The second-order valence-corrected chi connectivity index (χ2v) is 7.78. The quantitative estimate of drug-likeness (QED) is 0.872. The van der Waals surface area contributed by atoms with Crippen LogP contribution in [0.3, 0.4) is 0 Å². The first-order valence-corrected chi connectivity index (χ1v) is 9.64. The lowest BCUT2D eigenvalue weighted by molar-refractivity contribution is 0.0329. The standard InChI is InChI=1S/C20H33N3O.H2/c1-15(2)16-12-18(14-21-13-16)22-17-8-10-23(11-9-17)19-4-6-20(24-3)7-5-19;/h12-15,17,19-20,22H,4-11H2,1-3H3;1H. The van der Waals surface area contributed by atoms with E-state index in [1.54, 1.807) is 0 Å². The maximum atomic E-state index is 5.50. The van der Waals surface area contributed by atoms with Crippen LogP contribution in [0, 0.1) is 0 Å². The molecule has 0 unspecified atom stereocenters. The van der Waals surface area contributed by atoms with Crippen LogP contribution in [-0.2, 0) is 4.74 Å². The maximum Gasteiger partial charge on any atom is 0.0572 e. The molecule has 2 aliphatic rings. The number of hydrogen-bond donors (Lipinski definition) is 1. The average Bonchev–Trinajstić information content (AvgIpc) is 2.63. The number of rotatable bonds is 5. The number of methoxy groups -OCH3 is 1. The minimum absolute atomic E-state index is 0. The molecule has 1 aliphatic carbocycles. The van der Waals surface area contributed by atoms with Crippen LogP contribution in [0.2, 0.25) is 0 Å². The molecule has 0 atom stereocenters. The van der Waals surface area contributed by atoms with Crippen LogP contribution < -0.4 is 5.32 Å². The smallest absolute Gasteiger partial charge is 0.0572 e. The van der Waals surface area contributed by atoms with E-state index < -0.39 is 0 Å². The summed E-state index contributed by atoms with van der Waals surface area (Å²) in [7, 11) is 1.85. The Balaban J connectivity index is 0.00000225. The number of nitrogens with one attached hydrogen (secondary N) is 1. The minimum atomic E-state index is 0. The molecule has 0 amide bonds. The van der Waals surface area contributed by atoms with Gasteiger partial charge >= 0.3 is 0 Å². The fraction of sp³-hybridized carbons (Fsp3) is 0.750. The Hall–Kier alpha value is -1.13. The number of nitrogens with zero attached hydrogens (tertiary/aromatic N) is 2. The lowest BCUT2D eigenvalue weighted by Gasteiger charge is -2.40. The summed E-state index contributed by atoms with van der Waals surface area (Å²) < 4.78 is 5.50. The maximum absolute atomic E-state index is 5.50.